The Morgan fingerprint density at radius 2 is 2.03 bits per heavy atom. The van der Waals surface area contributed by atoms with Crippen molar-refractivity contribution in [3.63, 3.8) is 0 Å². The normalized spacial score (nSPS) is 11.9. The zero-order valence-corrected chi connectivity index (χ0v) is 20.0. The number of sulfonamides is 1. The Morgan fingerprint density at radius 3 is 2.69 bits per heavy atom. The summed E-state index contributed by atoms with van der Waals surface area (Å²) in [5.74, 6) is -0.0746. The van der Waals surface area contributed by atoms with Gasteiger partial charge >= 0.3 is 0 Å². The molecule has 0 fully saturated rings. The van der Waals surface area contributed by atoms with Crippen LogP contribution in [-0.2, 0) is 21.4 Å². The Balaban J connectivity index is 2.17. The largest absolute Gasteiger partial charge is 0.323 e. The third-order valence-electron chi connectivity index (χ3n) is 4.16. The van der Waals surface area contributed by atoms with Crippen LogP contribution in [0.4, 0.5) is 0 Å². The number of carbonyl (C=O) groups excluding carboxylic acids is 1. The van der Waals surface area contributed by atoms with E-state index in [1.165, 1.54) is 12.2 Å². The molecule has 1 heterocycles. The van der Waals surface area contributed by atoms with Gasteiger partial charge in [-0.05, 0) is 53.0 Å². The number of carbonyl (C=O) groups is 1. The number of rotatable bonds is 9. The molecule has 0 saturated heterocycles. The predicted molar refractivity (Wildman–Crippen MR) is 121 cm³/mol. The molecule has 1 aromatic heterocycles. The summed E-state index contributed by atoms with van der Waals surface area (Å²) in [6.45, 7) is 4.22. The molecule has 0 unspecified atom stereocenters. The molecule has 0 saturated carbocycles. The Hall–Kier alpha value is -1.35. The summed E-state index contributed by atoms with van der Waals surface area (Å²) in [6.07, 6.45) is 4.91. The zero-order valence-electron chi connectivity index (χ0n) is 16.1. The van der Waals surface area contributed by atoms with Crippen LogP contribution in [0.3, 0.4) is 0 Å². The molecule has 1 amide bonds. The minimum absolute atomic E-state index is 0.0732. The van der Waals surface area contributed by atoms with Crippen LogP contribution < -0.4 is 4.72 Å². The van der Waals surface area contributed by atoms with Gasteiger partial charge in [0.05, 0.1) is 18.0 Å². The molecule has 0 aliphatic heterocycles. The van der Waals surface area contributed by atoms with E-state index in [1.54, 1.807) is 12.1 Å². The average molecular weight is 523 g/mol. The third kappa shape index (κ3) is 7.13. The molecule has 2 rings (SSSR count). The number of hydrogen-bond donors (Lipinski definition) is 1. The maximum Gasteiger partial charge on any atom is 0.257 e. The van der Waals surface area contributed by atoms with Gasteiger partial charge in [0.15, 0.2) is 0 Å². The first-order valence-corrected chi connectivity index (χ1v) is 12.2. The van der Waals surface area contributed by atoms with E-state index in [-0.39, 0.29) is 5.75 Å². The molecule has 1 aromatic carbocycles. The van der Waals surface area contributed by atoms with Gasteiger partial charge < -0.3 is 4.57 Å². The second-order valence-electron chi connectivity index (χ2n) is 6.48. The Bertz CT molecular complexity index is 1020. The van der Waals surface area contributed by atoms with Gasteiger partial charge in [-0.15, -0.1) is 0 Å². The number of nitrogens with one attached hydrogen (secondary N) is 1. The molecule has 10 heteroatoms. The highest BCUT2D eigenvalue weighted by molar-refractivity contribution is 9.10. The lowest BCUT2D eigenvalue weighted by Gasteiger charge is -2.10. The van der Waals surface area contributed by atoms with Gasteiger partial charge in [0.2, 0.25) is 10.0 Å². The van der Waals surface area contributed by atoms with Crippen LogP contribution in [0.25, 0.3) is 6.08 Å². The minimum atomic E-state index is -3.65. The van der Waals surface area contributed by atoms with Crippen LogP contribution in [-0.4, -0.2) is 29.6 Å². The molecule has 1 N–H and O–H groups in total. The predicted octanol–water partition coefficient (Wildman–Crippen LogP) is 4.96. The number of imidazole rings is 1. The first-order chi connectivity index (χ1) is 13.6. The summed E-state index contributed by atoms with van der Waals surface area (Å²) in [7, 11) is -3.65. The maximum atomic E-state index is 12.1. The summed E-state index contributed by atoms with van der Waals surface area (Å²) < 4.78 is 28.4. The van der Waals surface area contributed by atoms with Crippen LogP contribution >= 0.6 is 39.1 Å². The number of halogens is 3. The molecule has 2 aromatic rings. The van der Waals surface area contributed by atoms with Crippen molar-refractivity contribution in [1.82, 2.24) is 14.3 Å². The van der Waals surface area contributed by atoms with Crippen molar-refractivity contribution in [2.75, 3.05) is 5.75 Å². The number of unbranched alkanes of at least 4 members (excludes halogenated alkanes) is 2. The summed E-state index contributed by atoms with van der Waals surface area (Å²) >= 11 is 15.6. The number of nitrogens with zero attached hydrogens (tertiary/aromatic N) is 2. The number of benzene rings is 1. The van der Waals surface area contributed by atoms with Crippen LogP contribution in [0.2, 0.25) is 10.0 Å². The number of amides is 1. The Labute approximate surface area is 189 Å². The molecule has 6 nitrogen and oxygen atoms in total. The van der Waals surface area contributed by atoms with Crippen molar-refractivity contribution in [2.45, 2.75) is 39.7 Å². The van der Waals surface area contributed by atoms with Crippen LogP contribution in [0.1, 0.15) is 43.3 Å². The molecule has 0 radical (unpaired) electrons. The van der Waals surface area contributed by atoms with Gasteiger partial charge in [0.1, 0.15) is 10.4 Å². The highest BCUT2D eigenvalue weighted by atomic mass is 79.9. The SMILES string of the molecule is CCCCCS(=O)(=O)NC(=O)C=Cc1c(Br)nc(C)n1Cc1ccc(Cl)cc1Cl. The molecule has 0 aliphatic rings. The molecule has 29 heavy (non-hydrogen) atoms. The fraction of sp³-hybridized carbons (Fsp3) is 0.368. The van der Waals surface area contributed by atoms with E-state index in [2.05, 4.69) is 25.6 Å². The first kappa shape index (κ1) is 23.9. The van der Waals surface area contributed by atoms with Gasteiger partial charge in [0.25, 0.3) is 5.91 Å². The fourth-order valence-corrected chi connectivity index (χ4v) is 4.79. The van der Waals surface area contributed by atoms with Crippen molar-refractivity contribution < 1.29 is 13.2 Å². The second-order valence-corrected chi connectivity index (χ2v) is 9.92. The van der Waals surface area contributed by atoms with Crippen LogP contribution in [0.15, 0.2) is 28.9 Å². The molecular formula is C19H22BrCl2N3O3S. The summed E-state index contributed by atoms with van der Waals surface area (Å²) in [5.41, 5.74) is 1.45. The summed E-state index contributed by atoms with van der Waals surface area (Å²) in [4.78, 5) is 16.5. The Morgan fingerprint density at radius 1 is 1.31 bits per heavy atom. The maximum absolute atomic E-state index is 12.1. The summed E-state index contributed by atoms with van der Waals surface area (Å²) in [5, 5.41) is 1.06. The van der Waals surface area contributed by atoms with Crippen molar-refractivity contribution in [3.8, 4) is 0 Å². The molecular weight excluding hydrogens is 501 g/mol. The molecule has 0 spiro atoms. The van der Waals surface area contributed by atoms with Gasteiger partial charge in [-0.3, -0.25) is 4.79 Å². The molecule has 0 atom stereocenters. The van der Waals surface area contributed by atoms with E-state index < -0.39 is 15.9 Å². The second kappa shape index (κ2) is 10.6. The first-order valence-electron chi connectivity index (χ1n) is 9.02. The van der Waals surface area contributed by atoms with Crippen LogP contribution in [0.5, 0.6) is 0 Å². The smallest absolute Gasteiger partial charge is 0.257 e. The van der Waals surface area contributed by atoms with Crippen molar-refractivity contribution in [3.05, 3.63) is 56.0 Å². The minimum Gasteiger partial charge on any atom is -0.323 e. The van der Waals surface area contributed by atoms with Gasteiger partial charge in [-0.1, -0.05) is 49.0 Å². The fourth-order valence-electron chi connectivity index (χ4n) is 2.66. The monoisotopic (exact) mass is 521 g/mol. The molecule has 158 valence electrons. The number of aryl methyl sites for hydroxylation is 1. The average Bonchev–Trinajstić information content (AvgIpc) is 2.88. The topological polar surface area (TPSA) is 81.1 Å². The highest BCUT2D eigenvalue weighted by Gasteiger charge is 2.15. The van der Waals surface area contributed by atoms with Crippen molar-refractivity contribution >= 4 is 61.1 Å². The van der Waals surface area contributed by atoms with Gasteiger partial charge in [-0.25, -0.2) is 18.1 Å². The van der Waals surface area contributed by atoms with Gasteiger partial charge in [0, 0.05) is 16.1 Å². The Kier molecular flexibility index (Phi) is 8.75. The third-order valence-corrected chi connectivity index (χ3v) is 6.67. The van der Waals surface area contributed by atoms with E-state index >= 15 is 0 Å². The molecule has 0 aliphatic carbocycles. The lowest BCUT2D eigenvalue weighted by Crippen LogP contribution is -2.31. The highest BCUT2D eigenvalue weighted by Crippen LogP contribution is 2.25. The van der Waals surface area contributed by atoms with Gasteiger partial charge in [-0.2, -0.15) is 0 Å². The standard InChI is InChI=1S/C19H22BrCl2N3O3S/c1-3-4-5-10-29(27,28)24-18(26)9-8-17-19(20)23-13(2)25(17)12-14-6-7-15(21)11-16(14)22/h6-9,11H,3-5,10,12H2,1-2H3,(H,24,26). The quantitative estimate of drug-likeness (QED) is 0.373. The van der Waals surface area contributed by atoms with Crippen molar-refractivity contribution in [2.24, 2.45) is 0 Å². The summed E-state index contributed by atoms with van der Waals surface area (Å²) in [6, 6.07) is 5.23. The lowest BCUT2D eigenvalue weighted by molar-refractivity contribution is -0.114. The van der Waals surface area contributed by atoms with E-state index in [0.717, 1.165) is 18.4 Å². The van der Waals surface area contributed by atoms with Crippen molar-refractivity contribution in [1.29, 1.82) is 0 Å². The number of aromatic nitrogens is 2. The van der Waals surface area contributed by atoms with Crippen LogP contribution in [0, 0.1) is 6.92 Å². The van der Waals surface area contributed by atoms with E-state index in [9.17, 15) is 13.2 Å². The molecule has 0 bridgehead atoms. The van der Waals surface area contributed by atoms with E-state index in [4.69, 9.17) is 23.2 Å². The van der Waals surface area contributed by atoms with E-state index in [0.29, 0.717) is 39.1 Å². The lowest BCUT2D eigenvalue weighted by atomic mass is 10.2. The van der Waals surface area contributed by atoms with E-state index in [1.807, 2.05) is 24.5 Å². The number of hydrogen-bond acceptors (Lipinski definition) is 4. The zero-order chi connectivity index (χ0) is 21.6.